The number of hydrogen-bond acceptors (Lipinski definition) is 2. The van der Waals surface area contributed by atoms with E-state index in [0.717, 1.165) is 12.1 Å². The Hall–Kier alpha value is -1.53. The number of nitrogens with one attached hydrogen (secondary N) is 1. The third kappa shape index (κ3) is 3.27. The molecule has 2 rings (SSSR count). The minimum absolute atomic E-state index is 0.00947. The van der Waals surface area contributed by atoms with Crippen LogP contribution >= 0.6 is 27.5 Å². The maximum atomic E-state index is 13.5. The van der Waals surface area contributed by atoms with E-state index >= 15 is 0 Å². The highest BCUT2D eigenvalue weighted by molar-refractivity contribution is 9.10. The first-order valence-corrected chi connectivity index (χ1v) is 6.22. The van der Waals surface area contributed by atoms with Crippen molar-refractivity contribution in [1.82, 2.24) is 4.98 Å². The number of benzene rings is 1. The van der Waals surface area contributed by atoms with Crippen LogP contribution in [-0.4, -0.2) is 10.9 Å². The zero-order valence-corrected chi connectivity index (χ0v) is 11.6. The van der Waals surface area contributed by atoms with E-state index in [1.807, 2.05) is 0 Å². The van der Waals surface area contributed by atoms with Gasteiger partial charge in [0.2, 0.25) is 0 Å². The van der Waals surface area contributed by atoms with E-state index < -0.39 is 17.5 Å². The van der Waals surface area contributed by atoms with Crippen LogP contribution in [0.25, 0.3) is 0 Å². The van der Waals surface area contributed by atoms with Crippen molar-refractivity contribution in [3.05, 3.63) is 57.3 Å². The van der Waals surface area contributed by atoms with Gasteiger partial charge in [-0.25, -0.2) is 8.78 Å². The Labute approximate surface area is 120 Å². The largest absolute Gasteiger partial charge is 0.318 e. The molecule has 0 radical (unpaired) electrons. The van der Waals surface area contributed by atoms with Gasteiger partial charge in [-0.15, -0.1) is 0 Å². The summed E-state index contributed by atoms with van der Waals surface area (Å²) in [5.74, 6) is -2.12. The number of halogens is 4. The third-order valence-electron chi connectivity index (χ3n) is 2.21. The summed E-state index contributed by atoms with van der Waals surface area (Å²) in [7, 11) is 0. The summed E-state index contributed by atoms with van der Waals surface area (Å²) in [6.07, 6.45) is 1.34. The predicted molar refractivity (Wildman–Crippen MR) is 71.3 cm³/mol. The molecule has 0 atom stereocenters. The molecule has 0 aliphatic rings. The number of rotatable bonds is 2. The van der Waals surface area contributed by atoms with Crippen LogP contribution in [0.3, 0.4) is 0 Å². The molecule has 19 heavy (non-hydrogen) atoms. The normalized spacial score (nSPS) is 10.3. The van der Waals surface area contributed by atoms with E-state index in [9.17, 15) is 13.6 Å². The summed E-state index contributed by atoms with van der Waals surface area (Å²) >= 11 is 8.55. The average molecular weight is 348 g/mol. The van der Waals surface area contributed by atoms with Gasteiger partial charge >= 0.3 is 0 Å². The van der Waals surface area contributed by atoms with Crippen LogP contribution < -0.4 is 5.32 Å². The van der Waals surface area contributed by atoms with Gasteiger partial charge in [0.05, 0.1) is 10.2 Å². The van der Waals surface area contributed by atoms with E-state index in [1.165, 1.54) is 18.3 Å². The van der Waals surface area contributed by atoms with E-state index in [4.69, 9.17) is 11.6 Å². The van der Waals surface area contributed by atoms with Gasteiger partial charge in [0.1, 0.15) is 17.3 Å². The Balaban J connectivity index is 2.27. The molecule has 0 unspecified atom stereocenters. The highest BCUT2D eigenvalue weighted by Gasteiger charge is 2.13. The lowest BCUT2D eigenvalue weighted by Crippen LogP contribution is -2.14. The predicted octanol–water partition coefficient (Wildman–Crippen LogP) is 4.03. The molecule has 2 aromatic rings. The zero-order chi connectivity index (χ0) is 14.0. The molecule has 0 saturated heterocycles. The second-order valence-corrected chi connectivity index (χ2v) is 4.85. The van der Waals surface area contributed by atoms with Gasteiger partial charge in [0, 0.05) is 17.3 Å². The number of hydrogen-bond donors (Lipinski definition) is 1. The van der Waals surface area contributed by atoms with Gasteiger partial charge in [-0.3, -0.25) is 9.78 Å². The molecule has 0 spiro atoms. The lowest BCUT2D eigenvalue weighted by atomic mass is 10.2. The van der Waals surface area contributed by atoms with Crippen LogP contribution in [0.15, 0.2) is 34.9 Å². The molecule has 1 amide bonds. The fraction of sp³-hybridized carbons (Fsp3) is 0. The number of nitrogens with zero attached hydrogens (tertiary/aromatic N) is 1. The summed E-state index contributed by atoms with van der Waals surface area (Å²) in [5, 5.41) is 2.55. The molecule has 0 saturated carbocycles. The summed E-state index contributed by atoms with van der Waals surface area (Å²) < 4.78 is 26.8. The number of amides is 1. The molecule has 3 nitrogen and oxygen atoms in total. The number of aromatic nitrogens is 1. The standard InChI is InChI=1S/C12H6BrClF2N2O/c13-7-4-9(16)10(5-8(7)15)18-12(19)11-3-6(14)1-2-17-11/h1-5H,(H,18,19). The first-order chi connectivity index (χ1) is 8.97. The SMILES string of the molecule is O=C(Nc1cc(F)c(Br)cc1F)c1cc(Cl)ccn1. The summed E-state index contributed by atoms with van der Waals surface area (Å²) in [4.78, 5) is 15.6. The van der Waals surface area contributed by atoms with Crippen LogP contribution in [0, 0.1) is 11.6 Å². The molecule has 1 aromatic carbocycles. The van der Waals surface area contributed by atoms with Crippen molar-refractivity contribution in [1.29, 1.82) is 0 Å². The smallest absolute Gasteiger partial charge is 0.274 e. The first-order valence-electron chi connectivity index (χ1n) is 5.05. The van der Waals surface area contributed by atoms with E-state index in [1.54, 1.807) is 0 Å². The Morgan fingerprint density at radius 1 is 1.26 bits per heavy atom. The third-order valence-corrected chi connectivity index (χ3v) is 3.06. The Kier molecular flexibility index (Phi) is 4.11. The van der Waals surface area contributed by atoms with Crippen LogP contribution in [0.4, 0.5) is 14.5 Å². The number of pyridine rings is 1. The maximum Gasteiger partial charge on any atom is 0.274 e. The second kappa shape index (κ2) is 5.63. The van der Waals surface area contributed by atoms with Crippen LogP contribution in [0.2, 0.25) is 5.02 Å². The summed E-state index contributed by atoms with van der Waals surface area (Å²) in [5.41, 5.74) is -0.261. The Morgan fingerprint density at radius 3 is 2.68 bits per heavy atom. The highest BCUT2D eigenvalue weighted by Crippen LogP contribution is 2.23. The second-order valence-electron chi connectivity index (χ2n) is 3.56. The van der Waals surface area contributed by atoms with E-state index in [0.29, 0.717) is 5.02 Å². The molecule has 98 valence electrons. The highest BCUT2D eigenvalue weighted by atomic mass is 79.9. The minimum atomic E-state index is -0.761. The van der Waals surface area contributed by atoms with Crippen molar-refractivity contribution in [3.63, 3.8) is 0 Å². The summed E-state index contributed by atoms with van der Waals surface area (Å²) in [6.45, 7) is 0. The number of anilines is 1. The van der Waals surface area contributed by atoms with Crippen molar-refractivity contribution >= 4 is 39.1 Å². The quantitative estimate of drug-likeness (QED) is 0.834. The van der Waals surface area contributed by atoms with Crippen molar-refractivity contribution in [2.45, 2.75) is 0 Å². The number of carbonyl (C=O) groups is 1. The average Bonchev–Trinajstić information content (AvgIpc) is 2.36. The lowest BCUT2D eigenvalue weighted by molar-refractivity contribution is 0.102. The molecule has 0 aliphatic heterocycles. The Bertz CT molecular complexity index is 652. The van der Waals surface area contributed by atoms with Crippen LogP contribution in [-0.2, 0) is 0 Å². The van der Waals surface area contributed by atoms with Crippen molar-refractivity contribution in [3.8, 4) is 0 Å². The molecular formula is C12H6BrClF2N2O. The molecule has 7 heteroatoms. The molecule has 1 aromatic heterocycles. The van der Waals surface area contributed by atoms with E-state index in [-0.39, 0.29) is 15.9 Å². The van der Waals surface area contributed by atoms with E-state index in [2.05, 4.69) is 26.2 Å². The molecule has 1 N–H and O–H groups in total. The van der Waals surface area contributed by atoms with Crippen molar-refractivity contribution < 1.29 is 13.6 Å². The van der Waals surface area contributed by atoms with Crippen LogP contribution in [0.1, 0.15) is 10.5 Å². The zero-order valence-electron chi connectivity index (χ0n) is 9.25. The fourth-order valence-electron chi connectivity index (χ4n) is 1.33. The lowest BCUT2D eigenvalue weighted by Gasteiger charge is -2.07. The van der Waals surface area contributed by atoms with Gasteiger partial charge in [0.15, 0.2) is 0 Å². The van der Waals surface area contributed by atoms with Crippen LogP contribution in [0.5, 0.6) is 0 Å². The minimum Gasteiger partial charge on any atom is -0.318 e. The molecule has 0 aliphatic carbocycles. The topological polar surface area (TPSA) is 42.0 Å². The Morgan fingerprint density at radius 2 is 2.00 bits per heavy atom. The fourth-order valence-corrected chi connectivity index (χ4v) is 1.81. The monoisotopic (exact) mass is 346 g/mol. The van der Waals surface area contributed by atoms with Gasteiger partial charge in [-0.2, -0.15) is 0 Å². The molecule has 0 bridgehead atoms. The summed E-state index contributed by atoms with van der Waals surface area (Å²) in [6, 6.07) is 4.63. The molecule has 0 fully saturated rings. The van der Waals surface area contributed by atoms with Crippen molar-refractivity contribution in [2.24, 2.45) is 0 Å². The molecular weight excluding hydrogens is 341 g/mol. The van der Waals surface area contributed by atoms with Gasteiger partial charge in [-0.1, -0.05) is 11.6 Å². The first kappa shape index (κ1) is 13.9. The number of carbonyl (C=O) groups excluding carboxylic acids is 1. The van der Waals surface area contributed by atoms with Gasteiger partial charge < -0.3 is 5.32 Å². The van der Waals surface area contributed by atoms with Gasteiger partial charge in [0.25, 0.3) is 5.91 Å². The van der Waals surface area contributed by atoms with Crippen molar-refractivity contribution in [2.75, 3.05) is 5.32 Å². The van der Waals surface area contributed by atoms with Gasteiger partial charge in [-0.05, 0) is 34.1 Å². The maximum absolute atomic E-state index is 13.5. The molecule has 1 heterocycles.